The molecule has 84 valence electrons. The summed E-state index contributed by atoms with van der Waals surface area (Å²) in [6.45, 7) is 8.14. The zero-order valence-corrected chi connectivity index (χ0v) is 9.91. The zero-order chi connectivity index (χ0) is 11.6. The molecule has 1 aromatic rings. The first-order chi connectivity index (χ1) is 6.99. The van der Waals surface area contributed by atoms with Gasteiger partial charge in [-0.15, -0.1) is 0 Å². The first-order valence-electron chi connectivity index (χ1n) is 5.44. The van der Waals surface area contributed by atoms with Gasteiger partial charge in [0.1, 0.15) is 5.75 Å². The smallest absolute Gasteiger partial charge is 0.122 e. The summed E-state index contributed by atoms with van der Waals surface area (Å²) in [5.41, 5.74) is 2.66. The van der Waals surface area contributed by atoms with E-state index in [0.29, 0.717) is 11.7 Å². The number of phenolic OH excluding ortho intramolecular Hbond substituents is 1. The highest BCUT2D eigenvalue weighted by Crippen LogP contribution is 2.35. The molecule has 0 aliphatic rings. The molecule has 0 unspecified atom stereocenters. The van der Waals surface area contributed by atoms with E-state index in [1.807, 2.05) is 26.0 Å². The van der Waals surface area contributed by atoms with Crippen LogP contribution in [-0.4, -0.2) is 10.2 Å². The Morgan fingerprint density at radius 1 is 1.07 bits per heavy atom. The molecule has 0 atom stereocenters. The van der Waals surface area contributed by atoms with Crippen molar-refractivity contribution in [1.29, 1.82) is 0 Å². The summed E-state index contributed by atoms with van der Waals surface area (Å²) in [4.78, 5) is 0. The van der Waals surface area contributed by atoms with Gasteiger partial charge < -0.3 is 10.2 Å². The van der Waals surface area contributed by atoms with Gasteiger partial charge in [-0.25, -0.2) is 0 Å². The van der Waals surface area contributed by atoms with Crippen LogP contribution in [0.4, 0.5) is 0 Å². The van der Waals surface area contributed by atoms with Crippen molar-refractivity contribution in [1.82, 2.24) is 0 Å². The van der Waals surface area contributed by atoms with Gasteiger partial charge in [0.15, 0.2) is 0 Å². The number of hydrogen-bond donors (Lipinski definition) is 2. The maximum absolute atomic E-state index is 10.1. The van der Waals surface area contributed by atoms with Crippen LogP contribution >= 0.6 is 0 Å². The van der Waals surface area contributed by atoms with Crippen LogP contribution in [0.5, 0.6) is 5.75 Å². The number of aliphatic hydroxyl groups excluding tert-OH is 1. The van der Waals surface area contributed by atoms with Crippen molar-refractivity contribution in [3.8, 4) is 5.75 Å². The third-order valence-electron chi connectivity index (χ3n) is 2.71. The average Bonchev–Trinajstić information content (AvgIpc) is 2.15. The van der Waals surface area contributed by atoms with E-state index in [9.17, 15) is 10.2 Å². The van der Waals surface area contributed by atoms with Crippen molar-refractivity contribution >= 4 is 0 Å². The van der Waals surface area contributed by atoms with Crippen molar-refractivity contribution in [3.05, 3.63) is 28.8 Å². The molecule has 0 aliphatic heterocycles. The van der Waals surface area contributed by atoms with Crippen LogP contribution in [0.15, 0.2) is 12.1 Å². The van der Waals surface area contributed by atoms with Crippen molar-refractivity contribution < 1.29 is 10.2 Å². The molecule has 1 rings (SSSR count). The molecule has 0 heterocycles. The Labute approximate surface area is 91.6 Å². The van der Waals surface area contributed by atoms with E-state index >= 15 is 0 Å². The summed E-state index contributed by atoms with van der Waals surface area (Å²) in [5.74, 6) is 0.882. The summed E-state index contributed by atoms with van der Waals surface area (Å²) in [7, 11) is 0. The molecule has 2 N–H and O–H groups in total. The normalized spacial score (nSPS) is 11.4. The number of benzene rings is 1. The summed E-state index contributed by atoms with van der Waals surface area (Å²) < 4.78 is 0. The third-order valence-corrected chi connectivity index (χ3v) is 2.71. The van der Waals surface area contributed by atoms with Gasteiger partial charge in [0.2, 0.25) is 0 Å². The number of aliphatic hydroxyl groups is 1. The summed E-state index contributed by atoms with van der Waals surface area (Å²) >= 11 is 0. The molecule has 2 nitrogen and oxygen atoms in total. The van der Waals surface area contributed by atoms with Gasteiger partial charge in [0.05, 0.1) is 6.61 Å². The molecule has 0 spiro atoms. The largest absolute Gasteiger partial charge is 0.507 e. The van der Waals surface area contributed by atoms with Crippen molar-refractivity contribution in [3.63, 3.8) is 0 Å². The second kappa shape index (κ2) is 4.67. The highest BCUT2D eigenvalue weighted by atomic mass is 16.3. The summed E-state index contributed by atoms with van der Waals surface area (Å²) in [6.07, 6.45) is 0. The molecule has 0 aromatic heterocycles. The van der Waals surface area contributed by atoms with Crippen LogP contribution in [0.1, 0.15) is 56.2 Å². The SMILES string of the molecule is CC(C)c1ccc(CO)c(C(C)C)c1O. The first kappa shape index (κ1) is 12.1. The zero-order valence-electron chi connectivity index (χ0n) is 9.91. The van der Waals surface area contributed by atoms with E-state index in [1.54, 1.807) is 0 Å². The number of rotatable bonds is 3. The Hall–Kier alpha value is -1.02. The van der Waals surface area contributed by atoms with Crippen molar-refractivity contribution in [2.24, 2.45) is 0 Å². The van der Waals surface area contributed by atoms with Crippen molar-refractivity contribution in [2.75, 3.05) is 0 Å². The Bertz CT molecular complexity index is 341. The minimum Gasteiger partial charge on any atom is -0.507 e. The lowest BCUT2D eigenvalue weighted by molar-refractivity contribution is 0.279. The van der Waals surface area contributed by atoms with Crippen molar-refractivity contribution in [2.45, 2.75) is 46.1 Å². The maximum Gasteiger partial charge on any atom is 0.122 e. The van der Waals surface area contributed by atoms with E-state index in [2.05, 4.69) is 13.8 Å². The van der Waals surface area contributed by atoms with Crippen LogP contribution < -0.4 is 0 Å². The molecule has 0 aliphatic carbocycles. The molecule has 0 amide bonds. The highest BCUT2D eigenvalue weighted by Gasteiger charge is 2.16. The molecule has 1 aromatic carbocycles. The van der Waals surface area contributed by atoms with Gasteiger partial charge in [-0.2, -0.15) is 0 Å². The van der Waals surface area contributed by atoms with E-state index in [1.165, 1.54) is 0 Å². The quantitative estimate of drug-likeness (QED) is 0.801. The molecular weight excluding hydrogens is 188 g/mol. The fourth-order valence-corrected chi connectivity index (χ4v) is 1.91. The van der Waals surface area contributed by atoms with Crippen LogP contribution in [0.25, 0.3) is 0 Å². The van der Waals surface area contributed by atoms with E-state index in [4.69, 9.17) is 0 Å². The molecule has 0 saturated heterocycles. The molecule has 0 fully saturated rings. The number of aromatic hydroxyl groups is 1. The minimum atomic E-state index is -0.0144. The van der Waals surface area contributed by atoms with Gasteiger partial charge in [-0.05, 0) is 23.0 Å². The summed E-state index contributed by atoms with van der Waals surface area (Å²) in [5, 5.41) is 19.3. The average molecular weight is 208 g/mol. The van der Waals surface area contributed by atoms with E-state index < -0.39 is 0 Å². The Kier molecular flexibility index (Phi) is 3.75. The number of hydrogen-bond acceptors (Lipinski definition) is 2. The predicted octanol–water partition coefficient (Wildman–Crippen LogP) is 3.13. The molecule has 0 saturated carbocycles. The first-order valence-corrected chi connectivity index (χ1v) is 5.44. The number of phenols is 1. The standard InChI is InChI=1S/C13H20O2/c1-8(2)11-6-5-10(7-14)12(9(3)4)13(11)15/h5-6,8-9,14-15H,7H2,1-4H3. The van der Waals surface area contributed by atoms with E-state index in [-0.39, 0.29) is 12.5 Å². The molecule has 0 bridgehead atoms. The van der Waals surface area contributed by atoms with Crippen LogP contribution in [-0.2, 0) is 6.61 Å². The fraction of sp³-hybridized carbons (Fsp3) is 0.538. The Morgan fingerprint density at radius 3 is 2.07 bits per heavy atom. The predicted molar refractivity (Wildman–Crippen MR) is 62.2 cm³/mol. The van der Waals surface area contributed by atoms with Crippen LogP contribution in [0.3, 0.4) is 0 Å². The summed E-state index contributed by atoms with van der Waals surface area (Å²) in [6, 6.07) is 3.81. The monoisotopic (exact) mass is 208 g/mol. The Balaban J connectivity index is 3.36. The topological polar surface area (TPSA) is 40.5 Å². The Morgan fingerprint density at radius 2 is 1.67 bits per heavy atom. The van der Waals surface area contributed by atoms with Gasteiger partial charge in [0.25, 0.3) is 0 Å². The highest BCUT2D eigenvalue weighted by molar-refractivity contribution is 5.48. The fourth-order valence-electron chi connectivity index (χ4n) is 1.91. The van der Waals surface area contributed by atoms with Gasteiger partial charge in [-0.1, -0.05) is 39.8 Å². The van der Waals surface area contributed by atoms with Gasteiger partial charge >= 0.3 is 0 Å². The van der Waals surface area contributed by atoms with E-state index in [0.717, 1.165) is 16.7 Å². The second-order valence-corrected chi connectivity index (χ2v) is 4.54. The van der Waals surface area contributed by atoms with Gasteiger partial charge in [-0.3, -0.25) is 0 Å². The third kappa shape index (κ3) is 2.32. The van der Waals surface area contributed by atoms with Gasteiger partial charge in [0, 0.05) is 5.56 Å². The lowest BCUT2D eigenvalue weighted by Gasteiger charge is -2.18. The molecule has 15 heavy (non-hydrogen) atoms. The lowest BCUT2D eigenvalue weighted by Crippen LogP contribution is -2.00. The lowest BCUT2D eigenvalue weighted by atomic mass is 9.90. The molecule has 2 heteroatoms. The van der Waals surface area contributed by atoms with Crippen LogP contribution in [0.2, 0.25) is 0 Å². The minimum absolute atomic E-state index is 0.0144. The molecule has 0 radical (unpaired) electrons. The molecular formula is C13H20O2. The maximum atomic E-state index is 10.1. The van der Waals surface area contributed by atoms with Crippen LogP contribution in [0, 0.1) is 0 Å². The second-order valence-electron chi connectivity index (χ2n) is 4.54.